The molecule has 0 unspecified atom stereocenters. The summed E-state index contributed by atoms with van der Waals surface area (Å²) in [5, 5.41) is 3.99. The van der Waals surface area contributed by atoms with Crippen molar-refractivity contribution in [1.29, 1.82) is 0 Å². The first-order valence-electron chi connectivity index (χ1n) is 8.50. The molecule has 1 saturated heterocycles. The molecule has 0 radical (unpaired) electrons. The SMILES string of the molecule is CC(=O)N1CC[C@@H](CN(C)C(=O)c2c(C)noc2-c2ccccc2)C1. The van der Waals surface area contributed by atoms with Crippen LogP contribution in [0.2, 0.25) is 0 Å². The van der Waals surface area contributed by atoms with Crippen molar-refractivity contribution in [2.24, 2.45) is 5.92 Å². The summed E-state index contributed by atoms with van der Waals surface area (Å²) in [6.07, 6.45) is 0.922. The minimum Gasteiger partial charge on any atom is -0.355 e. The molecule has 0 bridgehead atoms. The molecule has 0 saturated carbocycles. The predicted octanol–water partition coefficient (Wildman–Crippen LogP) is 2.59. The smallest absolute Gasteiger partial charge is 0.259 e. The Kier molecular flexibility index (Phi) is 4.88. The van der Waals surface area contributed by atoms with E-state index in [1.807, 2.05) is 35.2 Å². The van der Waals surface area contributed by atoms with Crippen molar-refractivity contribution in [2.45, 2.75) is 20.3 Å². The van der Waals surface area contributed by atoms with E-state index in [1.165, 1.54) is 0 Å². The minimum atomic E-state index is -0.0983. The van der Waals surface area contributed by atoms with Gasteiger partial charge in [0.25, 0.3) is 5.91 Å². The average molecular weight is 341 g/mol. The van der Waals surface area contributed by atoms with Crippen LogP contribution in [0.5, 0.6) is 0 Å². The molecule has 0 aliphatic carbocycles. The van der Waals surface area contributed by atoms with Gasteiger partial charge in [-0.3, -0.25) is 9.59 Å². The number of aromatic nitrogens is 1. The second-order valence-electron chi connectivity index (χ2n) is 6.64. The summed E-state index contributed by atoms with van der Waals surface area (Å²) >= 11 is 0. The zero-order valence-corrected chi connectivity index (χ0v) is 14.9. The Bertz CT molecular complexity index is 769. The van der Waals surface area contributed by atoms with Gasteiger partial charge in [0.15, 0.2) is 5.76 Å². The fourth-order valence-corrected chi connectivity index (χ4v) is 3.34. The van der Waals surface area contributed by atoms with Crippen LogP contribution in [0.1, 0.15) is 29.4 Å². The van der Waals surface area contributed by atoms with E-state index in [-0.39, 0.29) is 11.8 Å². The van der Waals surface area contributed by atoms with Crippen LogP contribution in [0.4, 0.5) is 0 Å². The van der Waals surface area contributed by atoms with E-state index < -0.39 is 0 Å². The molecule has 0 spiro atoms. The first-order valence-corrected chi connectivity index (χ1v) is 8.50. The van der Waals surface area contributed by atoms with Crippen molar-refractivity contribution in [3.8, 4) is 11.3 Å². The summed E-state index contributed by atoms with van der Waals surface area (Å²) in [5.41, 5.74) is 1.94. The number of nitrogens with zero attached hydrogens (tertiary/aromatic N) is 3. The maximum absolute atomic E-state index is 13.0. The second-order valence-corrected chi connectivity index (χ2v) is 6.64. The van der Waals surface area contributed by atoms with Crippen LogP contribution in [-0.4, -0.2) is 53.5 Å². The van der Waals surface area contributed by atoms with E-state index in [0.29, 0.717) is 36.0 Å². The molecular weight excluding hydrogens is 318 g/mol. The van der Waals surface area contributed by atoms with Crippen LogP contribution in [0.15, 0.2) is 34.9 Å². The fourth-order valence-electron chi connectivity index (χ4n) is 3.34. The van der Waals surface area contributed by atoms with Gasteiger partial charge in [0.05, 0.1) is 5.69 Å². The summed E-state index contributed by atoms with van der Waals surface area (Å²) < 4.78 is 5.42. The van der Waals surface area contributed by atoms with Crippen molar-refractivity contribution < 1.29 is 14.1 Å². The number of hydrogen-bond acceptors (Lipinski definition) is 4. The largest absolute Gasteiger partial charge is 0.355 e. The molecule has 25 heavy (non-hydrogen) atoms. The van der Waals surface area contributed by atoms with Crippen LogP contribution in [0.3, 0.4) is 0 Å². The molecular formula is C19H23N3O3. The monoisotopic (exact) mass is 341 g/mol. The van der Waals surface area contributed by atoms with Crippen LogP contribution in [0, 0.1) is 12.8 Å². The highest BCUT2D eigenvalue weighted by Crippen LogP contribution is 2.27. The molecule has 1 aromatic carbocycles. The first-order chi connectivity index (χ1) is 12.0. The number of benzene rings is 1. The van der Waals surface area contributed by atoms with Gasteiger partial charge < -0.3 is 14.3 Å². The summed E-state index contributed by atoms with van der Waals surface area (Å²) in [7, 11) is 1.79. The lowest BCUT2D eigenvalue weighted by Crippen LogP contribution is -2.34. The van der Waals surface area contributed by atoms with Gasteiger partial charge in [-0.2, -0.15) is 0 Å². The summed E-state index contributed by atoms with van der Waals surface area (Å²) in [6.45, 7) is 5.46. The highest BCUT2D eigenvalue weighted by molar-refractivity contribution is 6.00. The number of likely N-dealkylation sites (tertiary alicyclic amines) is 1. The molecule has 2 aromatic rings. The Morgan fingerprint density at radius 2 is 2.04 bits per heavy atom. The molecule has 2 amide bonds. The van der Waals surface area contributed by atoms with Gasteiger partial charge in [-0.05, 0) is 19.3 Å². The molecule has 1 aromatic heterocycles. The average Bonchev–Trinajstić information content (AvgIpc) is 3.22. The van der Waals surface area contributed by atoms with Crippen molar-refractivity contribution in [3.63, 3.8) is 0 Å². The molecule has 0 N–H and O–H groups in total. The highest BCUT2D eigenvalue weighted by atomic mass is 16.5. The number of carbonyl (C=O) groups is 2. The van der Waals surface area contributed by atoms with Crippen LogP contribution in [0.25, 0.3) is 11.3 Å². The van der Waals surface area contributed by atoms with Crippen LogP contribution in [-0.2, 0) is 4.79 Å². The molecule has 6 nitrogen and oxygen atoms in total. The molecule has 1 aliphatic heterocycles. The summed E-state index contributed by atoms with van der Waals surface area (Å²) in [5.74, 6) is 0.807. The van der Waals surface area contributed by atoms with Gasteiger partial charge in [0, 0.05) is 39.2 Å². The highest BCUT2D eigenvalue weighted by Gasteiger charge is 2.29. The number of rotatable bonds is 4. The van der Waals surface area contributed by atoms with Gasteiger partial charge in [0.1, 0.15) is 5.56 Å². The van der Waals surface area contributed by atoms with Gasteiger partial charge >= 0.3 is 0 Å². The molecule has 3 rings (SSSR count). The second kappa shape index (κ2) is 7.09. The lowest BCUT2D eigenvalue weighted by molar-refractivity contribution is -0.127. The standard InChI is InChI=1S/C19H23N3O3/c1-13-17(18(25-20-13)16-7-5-4-6-8-16)19(24)21(3)11-15-9-10-22(12-15)14(2)23/h4-8,15H,9-12H2,1-3H3/t15-/m0/s1. The van der Waals surface area contributed by atoms with Gasteiger partial charge in [-0.25, -0.2) is 0 Å². The zero-order valence-electron chi connectivity index (χ0n) is 14.9. The first kappa shape index (κ1) is 17.2. The maximum Gasteiger partial charge on any atom is 0.259 e. The Labute approximate surface area is 147 Å². The quantitative estimate of drug-likeness (QED) is 0.857. The van der Waals surface area contributed by atoms with E-state index in [9.17, 15) is 9.59 Å². The number of amides is 2. The lowest BCUT2D eigenvalue weighted by atomic mass is 10.0. The summed E-state index contributed by atoms with van der Waals surface area (Å²) in [6, 6.07) is 9.53. The van der Waals surface area contributed by atoms with Crippen molar-refractivity contribution in [3.05, 3.63) is 41.6 Å². The van der Waals surface area contributed by atoms with Crippen LogP contribution >= 0.6 is 0 Å². The predicted molar refractivity (Wildman–Crippen MR) is 94.0 cm³/mol. The lowest BCUT2D eigenvalue weighted by Gasteiger charge is -2.21. The molecule has 1 fully saturated rings. The van der Waals surface area contributed by atoms with E-state index in [2.05, 4.69) is 5.16 Å². The molecule has 1 aliphatic rings. The maximum atomic E-state index is 13.0. The molecule has 2 heterocycles. The van der Waals surface area contributed by atoms with E-state index in [1.54, 1.807) is 25.8 Å². The number of aryl methyl sites for hydroxylation is 1. The van der Waals surface area contributed by atoms with Gasteiger partial charge in [0.2, 0.25) is 5.91 Å². The Hall–Kier alpha value is -2.63. The third-order valence-corrected chi connectivity index (χ3v) is 4.72. The van der Waals surface area contributed by atoms with Crippen molar-refractivity contribution >= 4 is 11.8 Å². The Morgan fingerprint density at radius 1 is 1.32 bits per heavy atom. The third kappa shape index (κ3) is 3.57. The molecule has 1 atom stereocenters. The zero-order chi connectivity index (χ0) is 18.0. The summed E-state index contributed by atoms with van der Waals surface area (Å²) in [4.78, 5) is 28.0. The normalized spacial score (nSPS) is 16.9. The van der Waals surface area contributed by atoms with Gasteiger partial charge in [-0.15, -0.1) is 0 Å². The van der Waals surface area contributed by atoms with Gasteiger partial charge in [-0.1, -0.05) is 35.5 Å². The molecule has 6 heteroatoms. The Balaban J connectivity index is 1.75. The van der Waals surface area contributed by atoms with E-state index in [4.69, 9.17) is 4.52 Å². The number of hydrogen-bond donors (Lipinski definition) is 0. The third-order valence-electron chi connectivity index (χ3n) is 4.72. The van der Waals surface area contributed by atoms with E-state index >= 15 is 0 Å². The van der Waals surface area contributed by atoms with Crippen molar-refractivity contribution in [2.75, 3.05) is 26.7 Å². The van der Waals surface area contributed by atoms with Crippen LogP contribution < -0.4 is 0 Å². The topological polar surface area (TPSA) is 66.7 Å². The minimum absolute atomic E-state index is 0.0951. The van der Waals surface area contributed by atoms with E-state index in [0.717, 1.165) is 18.5 Å². The van der Waals surface area contributed by atoms with Crippen molar-refractivity contribution in [1.82, 2.24) is 15.0 Å². The molecule has 132 valence electrons. The fraction of sp³-hybridized carbons (Fsp3) is 0.421. The number of carbonyl (C=O) groups excluding carboxylic acids is 2. The Morgan fingerprint density at radius 3 is 2.68 bits per heavy atom.